The van der Waals surface area contributed by atoms with Crippen molar-refractivity contribution in [3.63, 3.8) is 0 Å². The monoisotopic (exact) mass is 283 g/mol. The highest BCUT2D eigenvalue weighted by molar-refractivity contribution is 6.29. The van der Waals surface area contributed by atoms with Gasteiger partial charge in [-0.3, -0.25) is 0 Å². The minimum absolute atomic E-state index is 0.0888. The molecule has 1 rings (SSSR count). The highest BCUT2D eigenvalue weighted by Gasteiger charge is 2.15. The molecule has 0 saturated carbocycles. The number of halogens is 1. The molecule has 0 saturated heterocycles. The van der Waals surface area contributed by atoms with E-state index in [1.807, 2.05) is 6.92 Å². The van der Waals surface area contributed by atoms with E-state index in [-0.39, 0.29) is 12.1 Å². The number of aromatic nitrogens is 1. The standard InChI is InChI=1S/C15H22ClNO2/c1-5-6-13-8-12(9-14(16)17-13)15(18)19-11(4)7-10(2)3/h8-11H,5-7H2,1-4H3. The lowest BCUT2D eigenvalue weighted by atomic mass is 10.1. The van der Waals surface area contributed by atoms with Crippen LogP contribution in [0, 0.1) is 5.92 Å². The highest BCUT2D eigenvalue weighted by Crippen LogP contribution is 2.15. The van der Waals surface area contributed by atoms with Gasteiger partial charge in [0.1, 0.15) is 5.15 Å². The fraction of sp³-hybridized carbons (Fsp3) is 0.600. The molecule has 0 N–H and O–H groups in total. The van der Waals surface area contributed by atoms with Gasteiger partial charge < -0.3 is 4.74 Å². The van der Waals surface area contributed by atoms with Gasteiger partial charge in [-0.1, -0.05) is 38.8 Å². The van der Waals surface area contributed by atoms with E-state index < -0.39 is 0 Å². The van der Waals surface area contributed by atoms with Crippen LogP contribution in [-0.2, 0) is 11.2 Å². The lowest BCUT2D eigenvalue weighted by molar-refractivity contribution is 0.0299. The van der Waals surface area contributed by atoms with Crippen LogP contribution in [0.15, 0.2) is 12.1 Å². The third-order valence-corrected chi connectivity index (χ3v) is 2.89. The second-order valence-corrected chi connectivity index (χ2v) is 5.65. The molecule has 0 aliphatic heterocycles. The van der Waals surface area contributed by atoms with Crippen molar-refractivity contribution in [1.29, 1.82) is 0 Å². The first-order valence-corrected chi connectivity index (χ1v) is 7.17. The molecule has 1 unspecified atom stereocenters. The van der Waals surface area contributed by atoms with Crippen LogP contribution >= 0.6 is 11.6 Å². The summed E-state index contributed by atoms with van der Waals surface area (Å²) in [4.78, 5) is 16.2. The van der Waals surface area contributed by atoms with Crippen LogP contribution in [0.2, 0.25) is 5.15 Å². The molecule has 0 radical (unpaired) electrons. The predicted octanol–water partition coefficient (Wildman–Crippen LogP) is 4.28. The molecule has 1 aromatic heterocycles. The maximum atomic E-state index is 12.0. The molecular weight excluding hydrogens is 262 g/mol. The molecule has 0 bridgehead atoms. The van der Waals surface area contributed by atoms with Gasteiger partial charge in [-0.05, 0) is 37.8 Å². The summed E-state index contributed by atoms with van der Waals surface area (Å²) in [5.41, 5.74) is 1.32. The Kier molecular flexibility index (Phi) is 6.29. The van der Waals surface area contributed by atoms with Gasteiger partial charge in [0.05, 0.1) is 11.7 Å². The third-order valence-electron chi connectivity index (χ3n) is 2.70. The van der Waals surface area contributed by atoms with Gasteiger partial charge in [-0.15, -0.1) is 0 Å². The number of rotatable bonds is 6. The van der Waals surface area contributed by atoms with Crippen molar-refractivity contribution in [1.82, 2.24) is 4.98 Å². The van der Waals surface area contributed by atoms with E-state index >= 15 is 0 Å². The Morgan fingerprint density at radius 1 is 1.37 bits per heavy atom. The summed E-state index contributed by atoms with van der Waals surface area (Å²) in [7, 11) is 0. The molecule has 0 amide bonds. The zero-order chi connectivity index (χ0) is 14.4. The molecule has 0 spiro atoms. The van der Waals surface area contributed by atoms with E-state index in [1.54, 1.807) is 12.1 Å². The second kappa shape index (κ2) is 7.49. The Morgan fingerprint density at radius 2 is 2.05 bits per heavy atom. The van der Waals surface area contributed by atoms with Crippen molar-refractivity contribution < 1.29 is 9.53 Å². The van der Waals surface area contributed by atoms with Crippen LogP contribution in [0.3, 0.4) is 0 Å². The summed E-state index contributed by atoms with van der Waals surface area (Å²) in [6, 6.07) is 3.32. The summed E-state index contributed by atoms with van der Waals surface area (Å²) in [6.45, 7) is 8.18. The number of esters is 1. The fourth-order valence-corrected chi connectivity index (χ4v) is 2.24. The van der Waals surface area contributed by atoms with E-state index in [2.05, 4.69) is 25.8 Å². The average Bonchev–Trinajstić information content (AvgIpc) is 2.27. The number of aryl methyl sites for hydroxylation is 1. The van der Waals surface area contributed by atoms with Crippen molar-refractivity contribution in [2.75, 3.05) is 0 Å². The van der Waals surface area contributed by atoms with Gasteiger partial charge in [0.15, 0.2) is 0 Å². The van der Waals surface area contributed by atoms with Gasteiger partial charge in [0.25, 0.3) is 0 Å². The van der Waals surface area contributed by atoms with E-state index in [0.717, 1.165) is 25.0 Å². The Bertz CT molecular complexity index is 432. The summed E-state index contributed by atoms with van der Waals surface area (Å²) in [5, 5.41) is 0.342. The molecule has 1 aromatic rings. The molecule has 0 aromatic carbocycles. The smallest absolute Gasteiger partial charge is 0.338 e. The topological polar surface area (TPSA) is 39.2 Å². The third kappa shape index (κ3) is 5.60. The molecular formula is C15H22ClNO2. The summed E-state index contributed by atoms with van der Waals surface area (Å²) in [5.74, 6) is 0.175. The number of carbonyl (C=O) groups excluding carboxylic acids is 1. The van der Waals surface area contributed by atoms with Crippen molar-refractivity contribution in [2.45, 2.75) is 53.1 Å². The van der Waals surface area contributed by atoms with Crippen molar-refractivity contribution in [2.24, 2.45) is 5.92 Å². The molecule has 19 heavy (non-hydrogen) atoms. The largest absolute Gasteiger partial charge is 0.459 e. The molecule has 0 aliphatic carbocycles. The van der Waals surface area contributed by atoms with Crippen LogP contribution in [-0.4, -0.2) is 17.1 Å². The Balaban J connectivity index is 2.76. The molecule has 1 atom stereocenters. The number of ether oxygens (including phenoxy) is 1. The van der Waals surface area contributed by atoms with Gasteiger partial charge in [0.2, 0.25) is 0 Å². The van der Waals surface area contributed by atoms with Gasteiger partial charge >= 0.3 is 5.97 Å². The number of hydrogen-bond donors (Lipinski definition) is 0. The quantitative estimate of drug-likeness (QED) is 0.578. The van der Waals surface area contributed by atoms with Crippen LogP contribution in [0.25, 0.3) is 0 Å². The van der Waals surface area contributed by atoms with Gasteiger partial charge in [-0.25, -0.2) is 9.78 Å². The molecule has 0 fully saturated rings. The molecule has 3 nitrogen and oxygen atoms in total. The van der Waals surface area contributed by atoms with E-state index in [4.69, 9.17) is 16.3 Å². The van der Waals surface area contributed by atoms with E-state index in [9.17, 15) is 4.79 Å². The first-order chi connectivity index (χ1) is 8.92. The lowest BCUT2D eigenvalue weighted by Gasteiger charge is -2.15. The number of carbonyl (C=O) groups is 1. The van der Waals surface area contributed by atoms with Crippen molar-refractivity contribution >= 4 is 17.6 Å². The van der Waals surface area contributed by atoms with Crippen LogP contribution in [0.5, 0.6) is 0 Å². The van der Waals surface area contributed by atoms with Gasteiger partial charge in [0, 0.05) is 5.69 Å². The molecule has 106 valence electrons. The van der Waals surface area contributed by atoms with Crippen LogP contribution < -0.4 is 0 Å². The second-order valence-electron chi connectivity index (χ2n) is 5.27. The molecule has 4 heteroatoms. The van der Waals surface area contributed by atoms with Gasteiger partial charge in [-0.2, -0.15) is 0 Å². The summed E-state index contributed by atoms with van der Waals surface area (Å²) < 4.78 is 5.41. The van der Waals surface area contributed by atoms with Crippen LogP contribution in [0.4, 0.5) is 0 Å². The molecule has 1 heterocycles. The first-order valence-electron chi connectivity index (χ1n) is 6.79. The molecule has 0 aliphatic rings. The normalized spacial score (nSPS) is 12.5. The zero-order valence-corrected chi connectivity index (χ0v) is 12.8. The predicted molar refractivity (Wildman–Crippen MR) is 77.6 cm³/mol. The van der Waals surface area contributed by atoms with Crippen molar-refractivity contribution in [3.8, 4) is 0 Å². The SMILES string of the molecule is CCCc1cc(C(=O)OC(C)CC(C)C)cc(Cl)n1. The summed E-state index contributed by atoms with van der Waals surface area (Å²) in [6.07, 6.45) is 2.54. The maximum Gasteiger partial charge on any atom is 0.338 e. The van der Waals surface area contributed by atoms with Crippen molar-refractivity contribution in [3.05, 3.63) is 28.5 Å². The zero-order valence-electron chi connectivity index (χ0n) is 12.1. The summed E-state index contributed by atoms with van der Waals surface area (Å²) >= 11 is 5.93. The average molecular weight is 284 g/mol. The minimum Gasteiger partial charge on any atom is -0.459 e. The minimum atomic E-state index is -0.324. The number of hydrogen-bond acceptors (Lipinski definition) is 3. The lowest BCUT2D eigenvalue weighted by Crippen LogP contribution is -2.17. The number of nitrogens with zero attached hydrogens (tertiary/aromatic N) is 1. The maximum absolute atomic E-state index is 12.0. The first kappa shape index (κ1) is 16.0. The Hall–Kier alpha value is -1.09. The number of pyridine rings is 1. The van der Waals surface area contributed by atoms with E-state index in [1.165, 1.54) is 0 Å². The Labute approximate surface area is 120 Å². The van der Waals surface area contributed by atoms with E-state index in [0.29, 0.717) is 16.6 Å². The fourth-order valence-electron chi connectivity index (χ4n) is 2.02. The Morgan fingerprint density at radius 3 is 2.63 bits per heavy atom. The highest BCUT2D eigenvalue weighted by atomic mass is 35.5. The van der Waals surface area contributed by atoms with Crippen LogP contribution in [0.1, 0.15) is 56.6 Å².